The number of nitrogens with zero attached hydrogens (tertiary/aromatic N) is 1. The third-order valence-electron chi connectivity index (χ3n) is 5.74. The average Bonchev–Trinajstić information content (AvgIpc) is 3.29. The summed E-state index contributed by atoms with van der Waals surface area (Å²) < 4.78 is 43.1. The van der Waals surface area contributed by atoms with Gasteiger partial charge in [0.05, 0.1) is 5.56 Å². The van der Waals surface area contributed by atoms with Gasteiger partial charge in [0.25, 0.3) is 5.56 Å². The summed E-state index contributed by atoms with van der Waals surface area (Å²) in [5.74, 6) is -1.96. The Labute approximate surface area is 204 Å². The molecule has 1 amide bonds. The van der Waals surface area contributed by atoms with Crippen LogP contribution in [-0.2, 0) is 10.2 Å². The van der Waals surface area contributed by atoms with Gasteiger partial charge in [-0.25, -0.2) is 4.79 Å². The summed E-state index contributed by atoms with van der Waals surface area (Å²) in [4.78, 5) is 37.5. The van der Waals surface area contributed by atoms with E-state index < -0.39 is 29.1 Å². The summed E-state index contributed by atoms with van der Waals surface area (Å²) >= 11 is 3.31. The van der Waals surface area contributed by atoms with Gasteiger partial charge in [-0.1, -0.05) is 0 Å². The fraction of sp³-hybridized carbons (Fsp3) is 0.174. The number of carboxylic acids is 1. The maximum absolute atomic E-state index is 13.4. The van der Waals surface area contributed by atoms with Crippen LogP contribution in [0.2, 0.25) is 0 Å². The van der Waals surface area contributed by atoms with Crippen LogP contribution in [0.25, 0.3) is 5.69 Å². The third-order valence-corrected chi connectivity index (χ3v) is 6.17. The van der Waals surface area contributed by atoms with E-state index in [0.29, 0.717) is 15.7 Å². The van der Waals surface area contributed by atoms with Crippen molar-refractivity contribution in [1.29, 1.82) is 0 Å². The summed E-state index contributed by atoms with van der Waals surface area (Å²) in [5, 5.41) is 11.7. The van der Waals surface area contributed by atoms with Crippen LogP contribution in [0.3, 0.4) is 0 Å². The Kier molecular flexibility index (Phi) is 5.09. The van der Waals surface area contributed by atoms with Crippen LogP contribution in [0, 0.1) is 0 Å². The predicted octanol–water partition coefficient (Wildman–Crippen LogP) is 3.91. The molecule has 0 radical (unpaired) electrons. The van der Waals surface area contributed by atoms with Crippen LogP contribution in [0.15, 0.2) is 57.9 Å². The van der Waals surface area contributed by atoms with Crippen molar-refractivity contribution in [1.82, 2.24) is 4.57 Å². The molecule has 0 unspecified atom stereocenters. The van der Waals surface area contributed by atoms with Gasteiger partial charge < -0.3 is 24.6 Å². The van der Waals surface area contributed by atoms with Crippen molar-refractivity contribution in [2.75, 3.05) is 11.9 Å². The fourth-order valence-electron chi connectivity index (χ4n) is 3.87. The van der Waals surface area contributed by atoms with Crippen molar-refractivity contribution in [3.05, 3.63) is 74.6 Å². The highest BCUT2D eigenvalue weighted by Crippen LogP contribution is 2.50. The standard InChI is InChI=1S/C23H15BrF2N2O7/c1-22(10-33-16-8-18-17(7-14(16)22)34-23(25,26)35-18)21(32)27-15-6-12(24)9-28(19(15)29)13-4-2-11(3-5-13)20(30)31/h2-9H,10H2,1H3,(H,27,32)(H,30,31)/t22-/m0/s1. The van der Waals surface area contributed by atoms with Crippen molar-refractivity contribution in [2.45, 2.75) is 18.6 Å². The summed E-state index contributed by atoms with van der Waals surface area (Å²) in [6, 6.07) is 9.55. The van der Waals surface area contributed by atoms with Gasteiger partial charge in [0.1, 0.15) is 23.5 Å². The maximum Gasteiger partial charge on any atom is 0.586 e. The molecule has 0 saturated heterocycles. The zero-order valence-electron chi connectivity index (χ0n) is 17.8. The second-order valence-electron chi connectivity index (χ2n) is 8.14. The number of rotatable bonds is 4. The second-order valence-corrected chi connectivity index (χ2v) is 9.05. The molecule has 180 valence electrons. The van der Waals surface area contributed by atoms with E-state index in [2.05, 4.69) is 30.7 Å². The number of fused-ring (bicyclic) bond motifs is 2. The molecule has 0 fully saturated rings. The van der Waals surface area contributed by atoms with Crippen LogP contribution >= 0.6 is 15.9 Å². The molecule has 3 aromatic rings. The normalized spacial score (nSPS) is 19.1. The minimum absolute atomic E-state index is 0.0526. The molecule has 12 heteroatoms. The van der Waals surface area contributed by atoms with Gasteiger partial charge >= 0.3 is 12.3 Å². The summed E-state index contributed by atoms with van der Waals surface area (Å²) in [5.41, 5.74) is -1.22. The predicted molar refractivity (Wildman–Crippen MR) is 121 cm³/mol. The van der Waals surface area contributed by atoms with Gasteiger partial charge in [0.15, 0.2) is 11.5 Å². The largest absolute Gasteiger partial charge is 0.586 e. The van der Waals surface area contributed by atoms with Crippen molar-refractivity contribution in [3.8, 4) is 22.9 Å². The topological polar surface area (TPSA) is 116 Å². The van der Waals surface area contributed by atoms with E-state index in [4.69, 9.17) is 9.84 Å². The highest BCUT2D eigenvalue weighted by Gasteiger charge is 2.49. The number of alkyl halides is 2. The lowest BCUT2D eigenvalue weighted by atomic mass is 9.83. The molecule has 2 N–H and O–H groups in total. The minimum Gasteiger partial charge on any atom is -0.492 e. The number of aromatic nitrogens is 1. The lowest BCUT2D eigenvalue weighted by molar-refractivity contribution is -0.286. The molecule has 0 spiro atoms. The highest BCUT2D eigenvalue weighted by atomic mass is 79.9. The molecule has 2 aliphatic rings. The van der Waals surface area contributed by atoms with E-state index in [1.54, 1.807) is 6.92 Å². The number of amides is 1. The third kappa shape index (κ3) is 3.89. The lowest BCUT2D eigenvalue weighted by Gasteiger charge is -2.22. The number of anilines is 1. The van der Waals surface area contributed by atoms with E-state index in [1.807, 2.05) is 0 Å². The van der Waals surface area contributed by atoms with E-state index in [0.717, 1.165) is 0 Å². The first-order valence-corrected chi connectivity index (χ1v) is 10.9. The van der Waals surface area contributed by atoms with Crippen molar-refractivity contribution in [3.63, 3.8) is 0 Å². The number of benzene rings is 2. The first-order chi connectivity index (χ1) is 16.5. The fourth-order valence-corrected chi connectivity index (χ4v) is 4.30. The number of nitrogens with one attached hydrogen (secondary N) is 1. The highest BCUT2D eigenvalue weighted by molar-refractivity contribution is 9.10. The number of carbonyl (C=O) groups excluding carboxylic acids is 1. The number of carbonyl (C=O) groups is 2. The number of carboxylic acid groups (broad SMARTS) is 1. The molecule has 1 aromatic heterocycles. The molecular weight excluding hydrogens is 534 g/mol. The SMILES string of the molecule is C[C@]1(C(=O)Nc2cc(Br)cn(-c3ccc(C(=O)O)cc3)c2=O)COc2cc3c(cc21)OC(F)(F)O3. The van der Waals surface area contributed by atoms with Crippen LogP contribution in [-0.4, -0.2) is 34.5 Å². The zero-order chi connectivity index (χ0) is 25.1. The van der Waals surface area contributed by atoms with Crippen LogP contribution in [0.5, 0.6) is 17.2 Å². The number of hydrogen-bond donors (Lipinski definition) is 2. The molecule has 0 saturated carbocycles. The molecule has 0 aliphatic carbocycles. The van der Waals surface area contributed by atoms with E-state index >= 15 is 0 Å². The first-order valence-electron chi connectivity index (χ1n) is 10.1. The van der Waals surface area contributed by atoms with E-state index in [1.165, 1.54) is 53.2 Å². The average molecular weight is 549 g/mol. The monoisotopic (exact) mass is 548 g/mol. The maximum atomic E-state index is 13.4. The van der Waals surface area contributed by atoms with Crippen LogP contribution in [0.1, 0.15) is 22.8 Å². The number of pyridine rings is 1. The lowest BCUT2D eigenvalue weighted by Crippen LogP contribution is -2.40. The number of aromatic carboxylic acids is 1. The summed E-state index contributed by atoms with van der Waals surface area (Å²) in [6.45, 7) is 1.45. The zero-order valence-corrected chi connectivity index (χ0v) is 19.4. The molecule has 2 aliphatic heterocycles. The summed E-state index contributed by atoms with van der Waals surface area (Å²) in [7, 11) is 0. The van der Waals surface area contributed by atoms with Gasteiger partial charge in [0, 0.05) is 28.0 Å². The second kappa shape index (κ2) is 7.80. The quantitative estimate of drug-likeness (QED) is 0.507. The van der Waals surface area contributed by atoms with E-state index in [9.17, 15) is 23.2 Å². The Morgan fingerprint density at radius 2 is 1.74 bits per heavy atom. The van der Waals surface area contributed by atoms with Crippen molar-refractivity contribution in [2.24, 2.45) is 0 Å². The van der Waals surface area contributed by atoms with Crippen LogP contribution < -0.4 is 25.1 Å². The van der Waals surface area contributed by atoms with Gasteiger partial charge in [0.2, 0.25) is 5.91 Å². The molecule has 1 atom stereocenters. The Balaban J connectivity index is 1.47. The van der Waals surface area contributed by atoms with Gasteiger partial charge in [-0.15, -0.1) is 8.78 Å². The van der Waals surface area contributed by atoms with E-state index in [-0.39, 0.29) is 35.1 Å². The molecule has 2 aromatic carbocycles. The smallest absolute Gasteiger partial charge is 0.492 e. The Morgan fingerprint density at radius 1 is 1.09 bits per heavy atom. The van der Waals surface area contributed by atoms with Gasteiger partial charge in [-0.05, 0) is 59.3 Å². The van der Waals surface area contributed by atoms with Gasteiger partial charge in [-0.3, -0.25) is 14.2 Å². The molecular formula is C23H15BrF2N2O7. The number of ether oxygens (including phenoxy) is 3. The summed E-state index contributed by atoms with van der Waals surface area (Å²) in [6.07, 6.45) is -2.34. The number of halogens is 3. The first kappa shape index (κ1) is 22.8. The Bertz CT molecular complexity index is 1460. The molecule has 5 rings (SSSR count). The Morgan fingerprint density at radius 3 is 2.40 bits per heavy atom. The molecule has 0 bridgehead atoms. The van der Waals surface area contributed by atoms with Crippen molar-refractivity contribution < 1.29 is 37.7 Å². The molecule has 9 nitrogen and oxygen atoms in total. The van der Waals surface area contributed by atoms with Gasteiger partial charge in [-0.2, -0.15) is 0 Å². The van der Waals surface area contributed by atoms with Crippen molar-refractivity contribution >= 4 is 33.5 Å². The molecule has 3 heterocycles. The Hall–Kier alpha value is -3.93. The van der Waals surface area contributed by atoms with Crippen LogP contribution in [0.4, 0.5) is 14.5 Å². The molecule has 35 heavy (non-hydrogen) atoms. The minimum atomic E-state index is -3.82. The number of hydrogen-bond acceptors (Lipinski definition) is 6.